The van der Waals surface area contributed by atoms with E-state index in [4.69, 9.17) is 0 Å². The molecule has 0 spiro atoms. The molecule has 1 atom stereocenters. The smallest absolute Gasteiger partial charge is 0.230 e. The van der Waals surface area contributed by atoms with E-state index in [-0.39, 0.29) is 17.7 Å². The highest BCUT2D eigenvalue weighted by molar-refractivity contribution is 7.17. The molecule has 1 saturated heterocycles. The Labute approximate surface area is 149 Å². The number of piperidine rings is 1. The minimum Gasteiger partial charge on any atom is -0.492 e. The summed E-state index contributed by atoms with van der Waals surface area (Å²) < 4.78 is 16.0. The molecule has 4 rings (SSSR count). The summed E-state index contributed by atoms with van der Waals surface area (Å²) in [5.74, 6) is 1.10. The van der Waals surface area contributed by atoms with Gasteiger partial charge in [-0.15, -0.1) is 5.10 Å². The molecule has 3 aromatic rings. The highest BCUT2D eigenvalue weighted by atomic mass is 32.1. The van der Waals surface area contributed by atoms with Crippen LogP contribution in [0.3, 0.4) is 0 Å². The van der Waals surface area contributed by atoms with Crippen LogP contribution in [0.15, 0.2) is 24.3 Å². The Morgan fingerprint density at radius 3 is 2.68 bits per heavy atom. The topological polar surface area (TPSA) is 53.7 Å². The predicted molar refractivity (Wildman–Crippen MR) is 95.5 cm³/mol. The Kier molecular flexibility index (Phi) is 4.21. The Morgan fingerprint density at radius 1 is 1.28 bits per heavy atom. The number of aromatic hydroxyl groups is 1. The van der Waals surface area contributed by atoms with Crippen molar-refractivity contribution in [1.29, 1.82) is 0 Å². The first-order valence-electron chi connectivity index (χ1n) is 8.58. The van der Waals surface area contributed by atoms with Crippen LogP contribution in [-0.2, 0) is 0 Å². The number of aromatic nitrogens is 3. The molecule has 3 heterocycles. The molecule has 5 nitrogen and oxygen atoms in total. The summed E-state index contributed by atoms with van der Waals surface area (Å²) in [5, 5.41) is 15.0. The maximum absolute atomic E-state index is 14.6. The standard InChI is InChI=1S/C18H21FN4OS/c1-11-7-9-22(10-8-11)15(13-5-3-4-6-14(13)19)16-17(24)23-18(25-16)20-12(2)21-23/h3-6,11,15,24H,7-10H2,1-2H3/t15-/m1/s1. The van der Waals surface area contributed by atoms with Gasteiger partial charge < -0.3 is 5.11 Å². The molecule has 1 aliphatic heterocycles. The minimum absolute atomic E-state index is 0.0625. The van der Waals surface area contributed by atoms with E-state index in [9.17, 15) is 9.50 Å². The lowest BCUT2D eigenvalue weighted by Crippen LogP contribution is -2.36. The summed E-state index contributed by atoms with van der Waals surface area (Å²) in [6, 6.07) is 6.50. The van der Waals surface area contributed by atoms with Crippen molar-refractivity contribution in [2.75, 3.05) is 13.1 Å². The molecule has 0 saturated carbocycles. The molecule has 0 aliphatic carbocycles. The highest BCUT2D eigenvalue weighted by Crippen LogP contribution is 2.41. The average Bonchev–Trinajstić information content (AvgIpc) is 3.09. The van der Waals surface area contributed by atoms with Crippen LogP contribution in [-0.4, -0.2) is 37.7 Å². The lowest BCUT2D eigenvalue weighted by molar-refractivity contribution is 0.155. The quantitative estimate of drug-likeness (QED) is 0.773. The first kappa shape index (κ1) is 16.5. The van der Waals surface area contributed by atoms with Gasteiger partial charge in [-0.05, 0) is 44.8 Å². The number of rotatable bonds is 3. The van der Waals surface area contributed by atoms with Gasteiger partial charge in [0, 0.05) is 5.56 Å². The summed E-state index contributed by atoms with van der Waals surface area (Å²) in [6.07, 6.45) is 2.15. The zero-order chi connectivity index (χ0) is 17.6. The number of thiazole rings is 1. The second-order valence-corrected chi connectivity index (χ2v) is 7.79. The molecule has 132 valence electrons. The summed E-state index contributed by atoms with van der Waals surface area (Å²) in [4.78, 5) is 7.95. The molecular formula is C18H21FN4OS. The number of hydrogen-bond donors (Lipinski definition) is 1. The van der Waals surface area contributed by atoms with Crippen molar-refractivity contribution in [1.82, 2.24) is 19.5 Å². The second kappa shape index (κ2) is 6.38. The summed E-state index contributed by atoms with van der Waals surface area (Å²) in [6.45, 7) is 5.80. The van der Waals surface area contributed by atoms with Crippen LogP contribution in [0.1, 0.15) is 42.1 Å². The van der Waals surface area contributed by atoms with Gasteiger partial charge in [-0.25, -0.2) is 9.37 Å². The van der Waals surface area contributed by atoms with E-state index >= 15 is 0 Å². The number of benzene rings is 1. The van der Waals surface area contributed by atoms with Gasteiger partial charge in [-0.2, -0.15) is 4.52 Å². The maximum atomic E-state index is 14.6. The van der Waals surface area contributed by atoms with Gasteiger partial charge in [0.2, 0.25) is 10.8 Å². The van der Waals surface area contributed by atoms with E-state index < -0.39 is 0 Å². The fourth-order valence-corrected chi connectivity index (χ4v) is 4.67. The summed E-state index contributed by atoms with van der Waals surface area (Å²) in [5.41, 5.74) is 0.591. The van der Waals surface area contributed by atoms with Crippen molar-refractivity contribution in [3.63, 3.8) is 0 Å². The number of hydrogen-bond acceptors (Lipinski definition) is 5. The van der Waals surface area contributed by atoms with Crippen LogP contribution >= 0.6 is 11.3 Å². The van der Waals surface area contributed by atoms with Crippen molar-refractivity contribution < 1.29 is 9.50 Å². The van der Waals surface area contributed by atoms with Gasteiger partial charge in [0.25, 0.3) is 0 Å². The third kappa shape index (κ3) is 2.91. The van der Waals surface area contributed by atoms with Crippen LogP contribution in [0.25, 0.3) is 4.96 Å². The van der Waals surface area contributed by atoms with E-state index in [0.717, 1.165) is 25.9 Å². The van der Waals surface area contributed by atoms with Crippen LogP contribution < -0.4 is 0 Å². The highest BCUT2D eigenvalue weighted by Gasteiger charge is 2.32. The minimum atomic E-state index is -0.317. The maximum Gasteiger partial charge on any atom is 0.230 e. The van der Waals surface area contributed by atoms with Crippen molar-refractivity contribution in [2.45, 2.75) is 32.7 Å². The third-order valence-corrected chi connectivity index (χ3v) is 6.01. The molecule has 1 aliphatic rings. The summed E-state index contributed by atoms with van der Waals surface area (Å²) >= 11 is 1.38. The van der Waals surface area contributed by atoms with Gasteiger partial charge in [0.05, 0.1) is 10.9 Å². The third-order valence-electron chi connectivity index (χ3n) is 4.94. The van der Waals surface area contributed by atoms with E-state index in [2.05, 4.69) is 21.9 Å². The van der Waals surface area contributed by atoms with E-state index in [0.29, 0.717) is 27.1 Å². The van der Waals surface area contributed by atoms with Gasteiger partial charge in [-0.1, -0.05) is 36.5 Å². The van der Waals surface area contributed by atoms with Crippen LogP contribution in [0.2, 0.25) is 0 Å². The Morgan fingerprint density at radius 2 is 2.00 bits per heavy atom. The zero-order valence-corrected chi connectivity index (χ0v) is 15.1. The molecule has 0 unspecified atom stereocenters. The first-order chi connectivity index (χ1) is 12.0. The molecule has 2 aromatic heterocycles. The zero-order valence-electron chi connectivity index (χ0n) is 14.3. The van der Waals surface area contributed by atoms with Gasteiger partial charge >= 0.3 is 0 Å². The predicted octanol–water partition coefficient (Wildman–Crippen LogP) is 3.77. The lowest BCUT2D eigenvalue weighted by atomic mass is 9.95. The number of nitrogens with zero attached hydrogens (tertiary/aromatic N) is 4. The van der Waals surface area contributed by atoms with Crippen LogP contribution in [0.4, 0.5) is 4.39 Å². The number of likely N-dealkylation sites (tertiary alicyclic amines) is 1. The van der Waals surface area contributed by atoms with Crippen LogP contribution in [0, 0.1) is 18.7 Å². The molecule has 7 heteroatoms. The molecular weight excluding hydrogens is 339 g/mol. The van der Waals surface area contributed by atoms with Gasteiger partial charge in [-0.3, -0.25) is 4.90 Å². The van der Waals surface area contributed by atoms with Crippen molar-refractivity contribution >= 4 is 16.3 Å². The van der Waals surface area contributed by atoms with E-state index in [1.165, 1.54) is 21.9 Å². The first-order valence-corrected chi connectivity index (χ1v) is 9.39. The fraction of sp³-hybridized carbons (Fsp3) is 0.444. The SMILES string of the molecule is Cc1nc2sc([C@@H](c3ccccc3F)N3CCC(C)CC3)c(O)n2n1. The second-order valence-electron chi connectivity index (χ2n) is 6.79. The lowest BCUT2D eigenvalue weighted by Gasteiger charge is -2.36. The largest absolute Gasteiger partial charge is 0.492 e. The monoisotopic (exact) mass is 360 g/mol. The van der Waals surface area contributed by atoms with Gasteiger partial charge in [0.15, 0.2) is 0 Å². The number of aryl methyl sites for hydroxylation is 1. The van der Waals surface area contributed by atoms with E-state index in [1.54, 1.807) is 19.1 Å². The Bertz CT molecular complexity index is 898. The van der Waals surface area contributed by atoms with E-state index in [1.807, 2.05) is 6.07 Å². The number of halogens is 1. The molecule has 1 N–H and O–H groups in total. The van der Waals surface area contributed by atoms with Crippen molar-refractivity contribution in [2.24, 2.45) is 5.92 Å². The molecule has 0 amide bonds. The molecule has 1 fully saturated rings. The normalized spacial score (nSPS) is 18.0. The average molecular weight is 360 g/mol. The van der Waals surface area contributed by atoms with Gasteiger partial charge in [0.1, 0.15) is 11.6 Å². The number of fused-ring (bicyclic) bond motifs is 1. The molecule has 1 aromatic carbocycles. The molecule has 25 heavy (non-hydrogen) atoms. The Balaban J connectivity index is 1.83. The van der Waals surface area contributed by atoms with Crippen molar-refractivity contribution in [3.8, 4) is 5.88 Å². The fourth-order valence-electron chi connectivity index (χ4n) is 3.51. The van der Waals surface area contributed by atoms with Crippen molar-refractivity contribution in [3.05, 3.63) is 46.3 Å². The molecule has 0 radical (unpaired) electrons. The van der Waals surface area contributed by atoms with Crippen LogP contribution in [0.5, 0.6) is 5.88 Å². The molecule has 0 bridgehead atoms. The summed E-state index contributed by atoms with van der Waals surface area (Å²) in [7, 11) is 0. The Hall–Kier alpha value is -1.99.